The number of rotatable bonds is 4. The zero-order valence-electron chi connectivity index (χ0n) is 14.4. The van der Waals surface area contributed by atoms with Gasteiger partial charge in [0.2, 0.25) is 11.8 Å². The van der Waals surface area contributed by atoms with E-state index in [1.807, 2.05) is 6.92 Å². The average Bonchev–Trinajstić information content (AvgIpc) is 3.00. The number of carbonyl (C=O) groups is 1. The molecule has 25 heavy (non-hydrogen) atoms. The predicted molar refractivity (Wildman–Crippen MR) is 90.9 cm³/mol. The Labute approximate surface area is 145 Å². The van der Waals surface area contributed by atoms with Crippen molar-refractivity contribution >= 4 is 11.5 Å². The molecular formula is C18H21FN4O2. The maximum absolute atomic E-state index is 13.3. The average molecular weight is 344 g/mol. The topological polar surface area (TPSA) is 62.5 Å². The van der Waals surface area contributed by atoms with Crippen molar-refractivity contribution in [2.45, 2.75) is 20.4 Å². The van der Waals surface area contributed by atoms with E-state index in [0.29, 0.717) is 31.3 Å². The summed E-state index contributed by atoms with van der Waals surface area (Å²) in [5.41, 5.74) is 1.48. The van der Waals surface area contributed by atoms with E-state index in [1.165, 1.54) is 12.1 Å². The van der Waals surface area contributed by atoms with Gasteiger partial charge in [-0.1, -0.05) is 17.3 Å². The van der Waals surface area contributed by atoms with Gasteiger partial charge in [0.05, 0.1) is 6.54 Å². The molecule has 0 N–H and O–H groups in total. The van der Waals surface area contributed by atoms with E-state index in [9.17, 15) is 9.18 Å². The highest BCUT2D eigenvalue weighted by Crippen LogP contribution is 2.16. The Morgan fingerprint density at radius 3 is 2.72 bits per heavy atom. The molecule has 0 spiro atoms. The number of hydrogen-bond acceptors (Lipinski definition) is 5. The summed E-state index contributed by atoms with van der Waals surface area (Å²) in [6.45, 7) is 7.00. The number of nitrogens with zero attached hydrogens (tertiary/aromatic N) is 4. The van der Waals surface area contributed by atoms with Gasteiger partial charge in [-0.15, -0.1) is 0 Å². The highest BCUT2D eigenvalue weighted by Gasteiger charge is 2.21. The Hall–Kier alpha value is -2.54. The third-order valence-electron chi connectivity index (χ3n) is 4.24. The van der Waals surface area contributed by atoms with Gasteiger partial charge < -0.3 is 9.42 Å². The van der Waals surface area contributed by atoms with E-state index in [2.05, 4.69) is 15.0 Å². The minimum Gasteiger partial charge on any atom is -0.340 e. The summed E-state index contributed by atoms with van der Waals surface area (Å²) in [6, 6.07) is 6.27. The molecule has 0 saturated carbocycles. The molecule has 1 saturated heterocycles. The number of halogens is 1. The molecule has 0 unspecified atom stereocenters. The van der Waals surface area contributed by atoms with Gasteiger partial charge in [-0.2, -0.15) is 4.98 Å². The molecule has 1 amide bonds. The molecule has 1 aromatic heterocycles. The van der Waals surface area contributed by atoms with Gasteiger partial charge in [0.15, 0.2) is 5.82 Å². The quantitative estimate of drug-likeness (QED) is 0.796. The molecule has 1 aromatic carbocycles. The van der Waals surface area contributed by atoms with E-state index in [0.717, 1.165) is 24.2 Å². The fourth-order valence-electron chi connectivity index (χ4n) is 2.83. The molecule has 6 nitrogen and oxygen atoms in total. The third kappa shape index (κ3) is 4.51. The van der Waals surface area contributed by atoms with Gasteiger partial charge in [-0.05, 0) is 30.2 Å². The van der Waals surface area contributed by atoms with Crippen molar-refractivity contribution < 1.29 is 13.7 Å². The first-order valence-corrected chi connectivity index (χ1v) is 8.26. The Bertz CT molecular complexity index is 779. The summed E-state index contributed by atoms with van der Waals surface area (Å²) in [7, 11) is 0. The molecule has 3 rings (SSSR count). The Kier molecular flexibility index (Phi) is 5.23. The van der Waals surface area contributed by atoms with Gasteiger partial charge in [-0.25, -0.2) is 4.39 Å². The van der Waals surface area contributed by atoms with E-state index in [1.54, 1.807) is 30.0 Å². The lowest BCUT2D eigenvalue weighted by molar-refractivity contribution is -0.127. The van der Waals surface area contributed by atoms with Gasteiger partial charge in [-0.3, -0.25) is 9.69 Å². The number of piperazine rings is 1. The summed E-state index contributed by atoms with van der Waals surface area (Å²) in [4.78, 5) is 20.6. The minimum atomic E-state index is -0.303. The Morgan fingerprint density at radius 1 is 1.32 bits per heavy atom. The van der Waals surface area contributed by atoms with Crippen LogP contribution in [0, 0.1) is 12.7 Å². The van der Waals surface area contributed by atoms with Gasteiger partial charge in [0.25, 0.3) is 0 Å². The molecule has 2 aromatic rings. The summed E-state index contributed by atoms with van der Waals surface area (Å²) < 4.78 is 18.3. The highest BCUT2D eigenvalue weighted by molar-refractivity contribution is 5.94. The lowest BCUT2D eigenvalue weighted by Gasteiger charge is -2.33. The molecular weight excluding hydrogens is 323 g/mol. The summed E-state index contributed by atoms with van der Waals surface area (Å²) in [5, 5.41) is 3.90. The van der Waals surface area contributed by atoms with E-state index < -0.39 is 0 Å². The summed E-state index contributed by atoms with van der Waals surface area (Å²) in [6.07, 6.45) is 1.58. The smallest absolute Gasteiger partial charge is 0.246 e. The lowest BCUT2D eigenvalue weighted by atomic mass is 10.1. The predicted octanol–water partition coefficient (Wildman–Crippen LogP) is 2.26. The van der Waals surface area contributed by atoms with Crippen molar-refractivity contribution in [1.82, 2.24) is 19.9 Å². The SMILES string of the molecule is C/C(=C/C(=O)N1CCN(Cc2noc(C)n2)CC1)c1cccc(F)c1. The number of carbonyl (C=O) groups excluding carboxylic acids is 1. The van der Waals surface area contributed by atoms with Crippen LogP contribution in [0.1, 0.15) is 24.2 Å². The van der Waals surface area contributed by atoms with Crippen molar-refractivity contribution in [3.63, 3.8) is 0 Å². The van der Waals surface area contributed by atoms with Gasteiger partial charge >= 0.3 is 0 Å². The largest absolute Gasteiger partial charge is 0.340 e. The van der Waals surface area contributed by atoms with Crippen LogP contribution in [0.15, 0.2) is 34.9 Å². The van der Waals surface area contributed by atoms with Crippen LogP contribution in [0.4, 0.5) is 4.39 Å². The summed E-state index contributed by atoms with van der Waals surface area (Å²) >= 11 is 0. The number of benzene rings is 1. The second-order valence-corrected chi connectivity index (χ2v) is 6.17. The van der Waals surface area contributed by atoms with Crippen LogP contribution < -0.4 is 0 Å². The second kappa shape index (κ2) is 7.57. The molecule has 2 heterocycles. The molecule has 7 heteroatoms. The standard InChI is InChI=1S/C18H21FN4O2/c1-13(15-4-3-5-16(19)11-15)10-18(24)23-8-6-22(7-9-23)12-17-20-14(2)25-21-17/h3-5,10-11H,6-9,12H2,1-2H3/b13-10-. The maximum Gasteiger partial charge on any atom is 0.246 e. The van der Waals surface area contributed by atoms with E-state index in [4.69, 9.17) is 4.52 Å². The minimum absolute atomic E-state index is 0.0446. The molecule has 0 atom stereocenters. The van der Waals surface area contributed by atoms with Crippen molar-refractivity contribution in [2.75, 3.05) is 26.2 Å². The normalized spacial score (nSPS) is 16.3. The lowest BCUT2D eigenvalue weighted by Crippen LogP contribution is -2.48. The van der Waals surface area contributed by atoms with Crippen molar-refractivity contribution in [2.24, 2.45) is 0 Å². The third-order valence-corrected chi connectivity index (χ3v) is 4.24. The zero-order valence-corrected chi connectivity index (χ0v) is 14.4. The molecule has 1 aliphatic rings. The number of aryl methyl sites for hydroxylation is 1. The highest BCUT2D eigenvalue weighted by atomic mass is 19.1. The first-order valence-electron chi connectivity index (χ1n) is 8.26. The van der Waals surface area contributed by atoms with Crippen LogP contribution in [0.25, 0.3) is 5.57 Å². The zero-order chi connectivity index (χ0) is 17.8. The molecule has 1 fully saturated rings. The molecule has 0 radical (unpaired) electrons. The van der Waals surface area contributed by atoms with Crippen molar-refractivity contribution in [3.05, 3.63) is 53.4 Å². The van der Waals surface area contributed by atoms with Gasteiger partial charge in [0.1, 0.15) is 5.82 Å². The summed E-state index contributed by atoms with van der Waals surface area (Å²) in [5.74, 6) is 0.876. The second-order valence-electron chi connectivity index (χ2n) is 6.17. The van der Waals surface area contributed by atoms with E-state index >= 15 is 0 Å². The van der Waals surface area contributed by atoms with E-state index in [-0.39, 0.29) is 11.7 Å². The van der Waals surface area contributed by atoms with Crippen LogP contribution in [-0.2, 0) is 11.3 Å². The monoisotopic (exact) mass is 344 g/mol. The fraction of sp³-hybridized carbons (Fsp3) is 0.389. The molecule has 132 valence electrons. The number of allylic oxidation sites excluding steroid dienone is 1. The van der Waals surface area contributed by atoms with Gasteiger partial charge in [0, 0.05) is 39.2 Å². The van der Waals surface area contributed by atoms with Crippen LogP contribution in [0.5, 0.6) is 0 Å². The Morgan fingerprint density at radius 2 is 2.08 bits per heavy atom. The number of hydrogen-bond donors (Lipinski definition) is 0. The maximum atomic E-state index is 13.3. The molecule has 1 aliphatic heterocycles. The molecule has 0 bridgehead atoms. The van der Waals surface area contributed by atoms with Crippen molar-refractivity contribution in [1.29, 1.82) is 0 Å². The van der Waals surface area contributed by atoms with Crippen LogP contribution >= 0.6 is 0 Å². The van der Waals surface area contributed by atoms with Crippen LogP contribution in [-0.4, -0.2) is 52.0 Å². The van der Waals surface area contributed by atoms with Crippen molar-refractivity contribution in [3.8, 4) is 0 Å². The fourth-order valence-corrected chi connectivity index (χ4v) is 2.83. The number of aromatic nitrogens is 2. The van der Waals surface area contributed by atoms with Crippen LogP contribution in [0.2, 0.25) is 0 Å². The number of amides is 1. The Balaban J connectivity index is 1.55. The first kappa shape index (κ1) is 17.3. The van der Waals surface area contributed by atoms with Crippen LogP contribution in [0.3, 0.4) is 0 Å². The molecule has 0 aliphatic carbocycles. The first-order chi connectivity index (χ1) is 12.0.